The van der Waals surface area contributed by atoms with Crippen LogP contribution >= 0.6 is 0 Å². The van der Waals surface area contributed by atoms with Gasteiger partial charge in [0, 0.05) is 49.2 Å². The smallest absolute Gasteiger partial charge is 0.110 e. The summed E-state index contributed by atoms with van der Waals surface area (Å²) in [6.45, 7) is 10.7. The van der Waals surface area contributed by atoms with E-state index >= 15 is 0 Å². The second kappa shape index (κ2) is 6.65. The molecular formula is C17H27N5. The first-order chi connectivity index (χ1) is 10.7. The molecule has 0 unspecified atom stereocenters. The number of nitrogens with one attached hydrogen (secondary N) is 1. The quantitative estimate of drug-likeness (QED) is 0.892. The van der Waals surface area contributed by atoms with E-state index in [-0.39, 0.29) is 0 Å². The molecule has 0 radical (unpaired) electrons. The maximum atomic E-state index is 4.64. The highest BCUT2D eigenvalue weighted by molar-refractivity contribution is 5.16. The van der Waals surface area contributed by atoms with Gasteiger partial charge in [-0.25, -0.2) is 4.98 Å². The molecule has 5 nitrogen and oxygen atoms in total. The Balaban J connectivity index is 1.59. The minimum absolute atomic E-state index is 0.546. The number of imidazole rings is 1. The van der Waals surface area contributed by atoms with Gasteiger partial charge in [0.25, 0.3) is 0 Å². The summed E-state index contributed by atoms with van der Waals surface area (Å²) in [5.41, 5.74) is 3.70. The highest BCUT2D eigenvalue weighted by Crippen LogP contribution is 2.26. The van der Waals surface area contributed by atoms with Gasteiger partial charge in [-0.3, -0.25) is 9.58 Å². The highest BCUT2D eigenvalue weighted by Gasteiger charge is 2.26. The fourth-order valence-electron chi connectivity index (χ4n) is 3.23. The Bertz CT molecular complexity index is 612. The summed E-state index contributed by atoms with van der Waals surface area (Å²) in [4.78, 5) is 10.4. The van der Waals surface area contributed by atoms with Crippen molar-refractivity contribution in [2.45, 2.75) is 59.0 Å². The van der Waals surface area contributed by atoms with E-state index in [1.807, 2.05) is 6.20 Å². The number of hydrogen-bond donors (Lipinski definition) is 1. The van der Waals surface area contributed by atoms with Gasteiger partial charge >= 0.3 is 0 Å². The zero-order chi connectivity index (χ0) is 15.5. The van der Waals surface area contributed by atoms with Crippen LogP contribution in [0.2, 0.25) is 0 Å². The van der Waals surface area contributed by atoms with E-state index < -0.39 is 0 Å². The van der Waals surface area contributed by atoms with Crippen LogP contribution in [-0.2, 0) is 13.1 Å². The maximum Gasteiger partial charge on any atom is 0.110 e. The van der Waals surface area contributed by atoms with Crippen molar-refractivity contribution >= 4 is 0 Å². The summed E-state index contributed by atoms with van der Waals surface area (Å²) in [5.74, 6) is 1.69. The minimum atomic E-state index is 0.546. The molecule has 1 aliphatic rings. The molecule has 5 heteroatoms. The first-order valence-electron chi connectivity index (χ1n) is 8.42. The molecule has 1 saturated heterocycles. The lowest BCUT2D eigenvalue weighted by Gasteiger charge is -2.14. The van der Waals surface area contributed by atoms with Gasteiger partial charge in [0.1, 0.15) is 5.82 Å². The monoisotopic (exact) mass is 301 g/mol. The third-order valence-electron chi connectivity index (χ3n) is 4.56. The van der Waals surface area contributed by atoms with E-state index in [1.54, 1.807) is 0 Å². The SMILES string of the molecule is CCCCn1cc(CN2CC[C@H](c3ncc(C)[nH]3)C2)c(C)n1. The predicted octanol–water partition coefficient (Wildman–Crippen LogP) is 3.01. The molecule has 1 atom stereocenters. The summed E-state index contributed by atoms with van der Waals surface area (Å²) < 4.78 is 2.11. The van der Waals surface area contributed by atoms with Crippen molar-refractivity contribution in [2.24, 2.45) is 0 Å². The van der Waals surface area contributed by atoms with Gasteiger partial charge in [0.15, 0.2) is 0 Å². The van der Waals surface area contributed by atoms with Crippen molar-refractivity contribution in [3.05, 3.63) is 35.2 Å². The van der Waals surface area contributed by atoms with Gasteiger partial charge < -0.3 is 4.98 Å². The molecule has 0 saturated carbocycles. The van der Waals surface area contributed by atoms with Gasteiger partial charge in [-0.1, -0.05) is 13.3 Å². The van der Waals surface area contributed by atoms with E-state index in [9.17, 15) is 0 Å². The van der Waals surface area contributed by atoms with Crippen LogP contribution < -0.4 is 0 Å². The molecule has 3 rings (SSSR count). The van der Waals surface area contributed by atoms with Crippen molar-refractivity contribution in [1.82, 2.24) is 24.6 Å². The maximum absolute atomic E-state index is 4.64. The van der Waals surface area contributed by atoms with Crippen molar-refractivity contribution in [3.8, 4) is 0 Å². The summed E-state index contributed by atoms with van der Waals surface area (Å²) in [5, 5.41) is 4.64. The second-order valence-corrected chi connectivity index (χ2v) is 6.53. The van der Waals surface area contributed by atoms with Crippen LogP contribution in [0, 0.1) is 13.8 Å². The van der Waals surface area contributed by atoms with E-state index in [1.165, 1.54) is 30.5 Å². The standard InChI is InChI=1S/C17H27N5/c1-4-5-7-22-12-16(14(3)20-22)11-21-8-6-15(10-21)17-18-9-13(2)19-17/h9,12,15H,4-8,10-11H2,1-3H3,(H,18,19)/t15-/m0/s1. The number of H-pyrrole nitrogens is 1. The number of likely N-dealkylation sites (tertiary alicyclic amines) is 1. The zero-order valence-corrected chi connectivity index (χ0v) is 14.0. The van der Waals surface area contributed by atoms with Gasteiger partial charge in [-0.2, -0.15) is 5.10 Å². The average molecular weight is 301 g/mol. The molecular weight excluding hydrogens is 274 g/mol. The van der Waals surface area contributed by atoms with E-state index in [2.05, 4.69) is 51.6 Å². The Morgan fingerprint density at radius 3 is 2.95 bits per heavy atom. The topological polar surface area (TPSA) is 49.7 Å². The Morgan fingerprint density at radius 1 is 1.36 bits per heavy atom. The number of aromatic nitrogens is 4. The van der Waals surface area contributed by atoms with Gasteiger partial charge in [-0.05, 0) is 33.2 Å². The zero-order valence-electron chi connectivity index (χ0n) is 14.0. The number of unbranched alkanes of at least 4 members (excludes halogenated alkanes) is 1. The van der Waals surface area contributed by atoms with Crippen molar-refractivity contribution in [3.63, 3.8) is 0 Å². The van der Waals surface area contributed by atoms with E-state index in [0.29, 0.717) is 5.92 Å². The Labute approximate surface area is 132 Å². The molecule has 2 aromatic heterocycles. The number of nitrogens with zero attached hydrogens (tertiary/aromatic N) is 4. The van der Waals surface area contributed by atoms with Crippen LogP contribution in [0.5, 0.6) is 0 Å². The Kier molecular flexibility index (Phi) is 4.62. The lowest BCUT2D eigenvalue weighted by Crippen LogP contribution is -2.20. The average Bonchev–Trinajstić information content (AvgIpc) is 3.19. The Morgan fingerprint density at radius 2 is 2.23 bits per heavy atom. The van der Waals surface area contributed by atoms with Crippen LogP contribution in [0.4, 0.5) is 0 Å². The van der Waals surface area contributed by atoms with Crippen molar-refractivity contribution in [2.75, 3.05) is 13.1 Å². The fraction of sp³-hybridized carbons (Fsp3) is 0.647. The number of aromatic amines is 1. The molecule has 1 fully saturated rings. The summed E-state index contributed by atoms with van der Waals surface area (Å²) in [6, 6.07) is 0. The molecule has 0 bridgehead atoms. The summed E-state index contributed by atoms with van der Waals surface area (Å²) in [6.07, 6.45) is 7.76. The van der Waals surface area contributed by atoms with Crippen LogP contribution in [-0.4, -0.2) is 37.7 Å². The van der Waals surface area contributed by atoms with Gasteiger partial charge in [-0.15, -0.1) is 0 Å². The lowest BCUT2D eigenvalue weighted by molar-refractivity contribution is 0.325. The molecule has 0 aromatic carbocycles. The third kappa shape index (κ3) is 3.40. The van der Waals surface area contributed by atoms with E-state index in [0.717, 1.165) is 37.7 Å². The lowest BCUT2D eigenvalue weighted by atomic mass is 10.1. The van der Waals surface area contributed by atoms with E-state index in [4.69, 9.17) is 0 Å². The first-order valence-corrected chi connectivity index (χ1v) is 8.42. The molecule has 0 aliphatic carbocycles. The number of hydrogen-bond acceptors (Lipinski definition) is 3. The largest absolute Gasteiger partial charge is 0.346 e. The molecule has 1 aliphatic heterocycles. The molecule has 1 N–H and O–H groups in total. The number of aryl methyl sites for hydroxylation is 3. The number of rotatable bonds is 6. The third-order valence-corrected chi connectivity index (χ3v) is 4.56. The van der Waals surface area contributed by atoms with Gasteiger partial charge in [0.2, 0.25) is 0 Å². The highest BCUT2D eigenvalue weighted by atomic mass is 15.3. The molecule has 0 amide bonds. The van der Waals surface area contributed by atoms with Crippen LogP contribution in [0.3, 0.4) is 0 Å². The van der Waals surface area contributed by atoms with Crippen LogP contribution in [0.1, 0.15) is 54.9 Å². The van der Waals surface area contributed by atoms with Gasteiger partial charge in [0.05, 0.1) is 5.69 Å². The minimum Gasteiger partial charge on any atom is -0.346 e. The first kappa shape index (κ1) is 15.3. The second-order valence-electron chi connectivity index (χ2n) is 6.53. The summed E-state index contributed by atoms with van der Waals surface area (Å²) in [7, 11) is 0. The van der Waals surface area contributed by atoms with Crippen LogP contribution in [0.15, 0.2) is 12.4 Å². The molecule has 0 spiro atoms. The van der Waals surface area contributed by atoms with Crippen molar-refractivity contribution < 1.29 is 0 Å². The predicted molar refractivity (Wildman–Crippen MR) is 87.8 cm³/mol. The molecule has 3 heterocycles. The molecule has 2 aromatic rings. The Hall–Kier alpha value is -1.62. The summed E-state index contributed by atoms with van der Waals surface area (Å²) >= 11 is 0. The van der Waals surface area contributed by atoms with Crippen molar-refractivity contribution in [1.29, 1.82) is 0 Å². The fourth-order valence-corrected chi connectivity index (χ4v) is 3.23. The van der Waals surface area contributed by atoms with Crippen LogP contribution in [0.25, 0.3) is 0 Å². The normalized spacial score (nSPS) is 19.1. The molecule has 120 valence electrons. The molecule has 22 heavy (non-hydrogen) atoms.